The van der Waals surface area contributed by atoms with E-state index in [1.54, 1.807) is 18.2 Å². The van der Waals surface area contributed by atoms with E-state index in [2.05, 4.69) is 15.8 Å². The van der Waals surface area contributed by atoms with Gasteiger partial charge in [-0.3, -0.25) is 9.59 Å². The third-order valence-electron chi connectivity index (χ3n) is 3.89. The van der Waals surface area contributed by atoms with Crippen LogP contribution in [0.5, 0.6) is 11.5 Å². The van der Waals surface area contributed by atoms with Gasteiger partial charge in [0.2, 0.25) is 15.9 Å². The van der Waals surface area contributed by atoms with Gasteiger partial charge in [0, 0.05) is 25.2 Å². The Morgan fingerprint density at radius 1 is 1.20 bits per heavy atom. The zero-order valence-corrected chi connectivity index (χ0v) is 17.4. The van der Waals surface area contributed by atoms with Gasteiger partial charge >= 0.3 is 0 Å². The molecule has 0 unspecified atom stereocenters. The molecule has 160 valence electrons. The van der Waals surface area contributed by atoms with Gasteiger partial charge in [-0.1, -0.05) is 6.07 Å². The third kappa shape index (κ3) is 5.78. The fourth-order valence-electron chi connectivity index (χ4n) is 2.40. The van der Waals surface area contributed by atoms with Gasteiger partial charge in [0.05, 0.1) is 24.8 Å². The molecule has 0 saturated heterocycles. The first-order valence-corrected chi connectivity index (χ1v) is 10.1. The molecule has 30 heavy (non-hydrogen) atoms. The van der Waals surface area contributed by atoms with Crippen LogP contribution in [0.15, 0.2) is 52.5 Å². The monoisotopic (exact) mass is 434 g/mol. The van der Waals surface area contributed by atoms with Gasteiger partial charge in [-0.2, -0.15) is 9.41 Å². The molecule has 3 N–H and O–H groups in total. The van der Waals surface area contributed by atoms with Crippen LogP contribution in [0.3, 0.4) is 0 Å². The summed E-state index contributed by atoms with van der Waals surface area (Å²) in [6, 6.07) is 10.3. The van der Waals surface area contributed by atoms with Crippen molar-refractivity contribution in [1.29, 1.82) is 0 Å². The van der Waals surface area contributed by atoms with Crippen molar-refractivity contribution in [2.75, 3.05) is 26.0 Å². The topological polar surface area (TPSA) is 137 Å². The molecular formula is C19H22N4O6S. The van der Waals surface area contributed by atoms with Crippen molar-refractivity contribution in [3.8, 4) is 11.5 Å². The molecule has 0 atom stereocenters. The van der Waals surface area contributed by atoms with Crippen LogP contribution in [-0.4, -0.2) is 56.6 Å². The quantitative estimate of drug-likeness (QED) is 0.421. The van der Waals surface area contributed by atoms with E-state index in [9.17, 15) is 23.1 Å². The zero-order valence-electron chi connectivity index (χ0n) is 16.6. The Morgan fingerprint density at radius 2 is 1.87 bits per heavy atom. The number of benzene rings is 2. The zero-order chi connectivity index (χ0) is 22.3. The minimum Gasteiger partial charge on any atom is -0.504 e. The van der Waals surface area contributed by atoms with Gasteiger partial charge in [-0.15, -0.1) is 0 Å². The maximum absolute atomic E-state index is 12.6. The highest BCUT2D eigenvalue weighted by Crippen LogP contribution is 2.27. The molecule has 0 saturated carbocycles. The van der Waals surface area contributed by atoms with E-state index in [1.165, 1.54) is 51.6 Å². The Morgan fingerprint density at radius 3 is 2.47 bits per heavy atom. The number of nitrogens with zero attached hydrogens (tertiary/aromatic N) is 2. The molecule has 2 amide bonds. The number of carbonyl (C=O) groups excluding carboxylic acids is 2. The normalized spacial score (nSPS) is 11.5. The first-order valence-electron chi connectivity index (χ1n) is 8.67. The van der Waals surface area contributed by atoms with Gasteiger partial charge in [0.1, 0.15) is 0 Å². The number of hydrazone groups is 1. The van der Waals surface area contributed by atoms with Crippen LogP contribution in [0.4, 0.5) is 5.69 Å². The summed E-state index contributed by atoms with van der Waals surface area (Å²) in [5.41, 5.74) is 2.98. The number of nitrogens with one attached hydrogen (secondary N) is 2. The molecule has 0 bridgehead atoms. The van der Waals surface area contributed by atoms with E-state index >= 15 is 0 Å². The number of sulfonamides is 1. The molecule has 0 spiro atoms. The summed E-state index contributed by atoms with van der Waals surface area (Å²) in [6.45, 7) is 0.867. The Kier molecular flexibility index (Phi) is 7.50. The summed E-state index contributed by atoms with van der Waals surface area (Å²) in [7, 11) is -1.26. The molecule has 2 aromatic carbocycles. The summed E-state index contributed by atoms with van der Waals surface area (Å²) in [6.07, 6.45) is 1.21. The minimum absolute atomic E-state index is 0.0308. The second kappa shape index (κ2) is 9.85. The highest BCUT2D eigenvalue weighted by molar-refractivity contribution is 7.89. The van der Waals surface area contributed by atoms with E-state index in [-0.39, 0.29) is 22.3 Å². The summed E-state index contributed by atoms with van der Waals surface area (Å²) in [5, 5.41) is 16.2. The van der Waals surface area contributed by atoms with Gasteiger partial charge in [-0.25, -0.2) is 13.8 Å². The number of aromatic hydroxyl groups is 1. The van der Waals surface area contributed by atoms with Crippen LogP contribution in [0.25, 0.3) is 0 Å². The molecule has 0 fully saturated rings. The van der Waals surface area contributed by atoms with Gasteiger partial charge < -0.3 is 15.2 Å². The second-order valence-electron chi connectivity index (χ2n) is 6.16. The molecular weight excluding hydrogens is 412 g/mol. The highest BCUT2D eigenvalue weighted by atomic mass is 32.2. The van der Waals surface area contributed by atoms with Crippen LogP contribution in [0.1, 0.15) is 12.5 Å². The van der Waals surface area contributed by atoms with E-state index < -0.39 is 22.5 Å². The second-order valence-corrected chi connectivity index (χ2v) is 8.20. The van der Waals surface area contributed by atoms with Crippen molar-refractivity contribution in [2.24, 2.45) is 5.10 Å². The molecule has 0 aliphatic rings. The number of anilines is 1. The van der Waals surface area contributed by atoms with Crippen molar-refractivity contribution in [1.82, 2.24) is 9.73 Å². The van der Waals surface area contributed by atoms with Gasteiger partial charge in [-0.05, 0) is 36.4 Å². The maximum atomic E-state index is 12.6. The molecule has 0 radical (unpaired) electrons. The lowest BCUT2D eigenvalue weighted by molar-refractivity contribution is -0.121. The molecule has 10 nitrogen and oxygen atoms in total. The standard InChI is InChI=1S/C19H22N4O6S/c1-13(24)21-15-7-9-16(10-8-15)30(27,28)23(2)12-18(25)22-20-11-14-5-4-6-17(29-3)19(14)26/h4-11,26H,12H2,1-3H3,(H,21,24)(H,22,25)/b20-11-. The van der Waals surface area contributed by atoms with Crippen LogP contribution < -0.4 is 15.5 Å². The molecule has 2 aromatic rings. The maximum Gasteiger partial charge on any atom is 0.255 e. The van der Waals surface area contributed by atoms with Gasteiger partial charge in [0.25, 0.3) is 5.91 Å². The summed E-state index contributed by atoms with van der Waals surface area (Å²) >= 11 is 0. The Labute approximate surface area is 174 Å². The predicted octanol–water partition coefficient (Wildman–Crippen LogP) is 1.13. The first-order chi connectivity index (χ1) is 14.1. The average Bonchev–Trinajstić information content (AvgIpc) is 2.69. The highest BCUT2D eigenvalue weighted by Gasteiger charge is 2.22. The van der Waals surface area contributed by atoms with Crippen molar-refractivity contribution in [3.63, 3.8) is 0 Å². The lowest BCUT2D eigenvalue weighted by atomic mass is 10.2. The van der Waals surface area contributed by atoms with Crippen LogP contribution in [0, 0.1) is 0 Å². The number of phenolic OH excluding ortho intramolecular Hbond substituents is 1. The third-order valence-corrected chi connectivity index (χ3v) is 5.71. The van der Waals surface area contributed by atoms with Crippen molar-refractivity contribution in [3.05, 3.63) is 48.0 Å². The molecule has 2 rings (SSSR count). The largest absolute Gasteiger partial charge is 0.504 e. The number of para-hydroxylation sites is 1. The summed E-state index contributed by atoms with van der Waals surface area (Å²) in [4.78, 5) is 23.0. The van der Waals surface area contributed by atoms with Crippen LogP contribution in [-0.2, 0) is 19.6 Å². The number of methoxy groups -OCH3 is 1. The predicted molar refractivity (Wildman–Crippen MR) is 111 cm³/mol. The molecule has 0 aromatic heterocycles. The first kappa shape index (κ1) is 22.8. The van der Waals surface area contributed by atoms with Crippen LogP contribution in [0.2, 0.25) is 0 Å². The molecule has 0 heterocycles. The van der Waals surface area contributed by atoms with Crippen molar-refractivity contribution >= 4 is 33.7 Å². The SMILES string of the molecule is COc1cccc(/C=N\NC(=O)CN(C)S(=O)(=O)c2ccc(NC(C)=O)cc2)c1O. The number of phenols is 1. The lowest BCUT2D eigenvalue weighted by Gasteiger charge is -2.16. The number of rotatable bonds is 8. The Balaban J connectivity index is 2.00. The smallest absolute Gasteiger partial charge is 0.255 e. The summed E-state index contributed by atoms with van der Waals surface area (Å²) in [5.74, 6) is -0.835. The van der Waals surface area contributed by atoms with E-state index in [0.717, 1.165) is 4.31 Å². The molecule has 0 aliphatic heterocycles. The van der Waals surface area contributed by atoms with Crippen LogP contribution >= 0.6 is 0 Å². The van der Waals surface area contributed by atoms with Crippen molar-refractivity contribution in [2.45, 2.75) is 11.8 Å². The lowest BCUT2D eigenvalue weighted by Crippen LogP contribution is -2.36. The average molecular weight is 434 g/mol. The van der Waals surface area contributed by atoms with Gasteiger partial charge in [0.15, 0.2) is 11.5 Å². The number of likely N-dealkylation sites (N-methyl/N-ethyl adjacent to an activating group) is 1. The molecule has 0 aliphatic carbocycles. The summed E-state index contributed by atoms with van der Waals surface area (Å²) < 4.78 is 31.0. The van der Waals surface area contributed by atoms with Crippen molar-refractivity contribution < 1.29 is 27.9 Å². The van der Waals surface area contributed by atoms with E-state index in [0.29, 0.717) is 11.3 Å². The number of hydrogen-bond donors (Lipinski definition) is 3. The number of ether oxygens (including phenoxy) is 1. The Hall–Kier alpha value is -3.44. The number of hydrogen-bond acceptors (Lipinski definition) is 7. The fraction of sp³-hybridized carbons (Fsp3) is 0.211. The van der Waals surface area contributed by atoms with E-state index in [4.69, 9.17) is 4.74 Å². The minimum atomic E-state index is -3.92. The fourth-order valence-corrected chi connectivity index (χ4v) is 3.53. The van der Waals surface area contributed by atoms with E-state index in [1.807, 2.05) is 0 Å². The number of amides is 2. The molecule has 11 heteroatoms. The number of carbonyl (C=O) groups is 2. The Bertz CT molecular complexity index is 1050.